The van der Waals surface area contributed by atoms with Crippen LogP contribution in [0.2, 0.25) is 0 Å². The third-order valence-corrected chi connectivity index (χ3v) is 4.94. The first-order valence-corrected chi connectivity index (χ1v) is 7.64. The molecule has 0 aromatic rings. The summed E-state index contributed by atoms with van der Waals surface area (Å²) in [6.45, 7) is 7.38. The molecule has 0 aliphatic carbocycles. The molecule has 0 aliphatic heterocycles. The number of unbranched alkanes of at least 4 members (excludes halogenated alkanes) is 1. The molecule has 5 heteroatoms. The van der Waals surface area contributed by atoms with Gasteiger partial charge < -0.3 is 0 Å². The zero-order chi connectivity index (χ0) is 14.2. The minimum Gasteiger partial charge on any atom is -0.195 e. The van der Waals surface area contributed by atoms with Crippen molar-refractivity contribution in [2.75, 3.05) is 21.1 Å². The summed E-state index contributed by atoms with van der Waals surface area (Å²) in [4.78, 5) is 0. The van der Waals surface area contributed by atoms with Gasteiger partial charge in [0.1, 0.15) is 0 Å². The minimum atomic E-state index is -3.34. The van der Waals surface area contributed by atoms with Crippen LogP contribution < -0.4 is 0 Å². The molecule has 0 amide bonds. The van der Waals surface area contributed by atoms with Crippen molar-refractivity contribution < 1.29 is 8.42 Å². The Labute approximate surface area is 112 Å². The molecule has 0 saturated carbocycles. The van der Waals surface area contributed by atoms with E-state index in [9.17, 15) is 8.42 Å². The van der Waals surface area contributed by atoms with E-state index >= 15 is 0 Å². The minimum absolute atomic E-state index is 0.0235. The van der Waals surface area contributed by atoms with E-state index in [1.54, 1.807) is 21.1 Å². The first-order valence-electron chi connectivity index (χ1n) is 6.25. The van der Waals surface area contributed by atoms with Crippen molar-refractivity contribution in [3.05, 3.63) is 25.3 Å². The van der Waals surface area contributed by atoms with E-state index in [-0.39, 0.29) is 6.04 Å². The standard InChI is InChI=1S/C13H26N2O2S/c1-6-8-10-12-13(11-9-7-2)15(5)18(16,17)14(3)4/h6-7,13H,1-2,8-12H2,3-5H3. The maximum Gasteiger partial charge on any atom is 0.281 e. The van der Waals surface area contributed by atoms with Gasteiger partial charge in [-0.15, -0.1) is 13.2 Å². The second-order valence-corrected chi connectivity index (χ2v) is 6.75. The Hall–Kier alpha value is -0.650. The molecule has 0 rings (SSSR count). The van der Waals surface area contributed by atoms with Crippen LogP contribution in [0.15, 0.2) is 25.3 Å². The predicted molar refractivity (Wildman–Crippen MR) is 77.6 cm³/mol. The van der Waals surface area contributed by atoms with Crippen molar-refractivity contribution in [3.8, 4) is 0 Å². The molecule has 106 valence electrons. The summed E-state index contributed by atoms with van der Waals surface area (Å²) in [5.74, 6) is 0. The Morgan fingerprint density at radius 3 is 2.06 bits per heavy atom. The fraction of sp³-hybridized carbons (Fsp3) is 0.692. The second kappa shape index (κ2) is 8.45. The molecular weight excluding hydrogens is 248 g/mol. The van der Waals surface area contributed by atoms with E-state index in [1.165, 1.54) is 8.61 Å². The number of nitrogens with zero attached hydrogens (tertiary/aromatic N) is 2. The third kappa shape index (κ3) is 5.33. The number of rotatable bonds is 10. The number of hydrogen-bond donors (Lipinski definition) is 0. The van der Waals surface area contributed by atoms with Gasteiger partial charge in [-0.25, -0.2) is 0 Å². The average molecular weight is 274 g/mol. The highest BCUT2D eigenvalue weighted by Gasteiger charge is 2.27. The molecule has 0 aromatic heterocycles. The second-order valence-electron chi connectivity index (χ2n) is 4.55. The first-order chi connectivity index (χ1) is 8.37. The lowest BCUT2D eigenvalue weighted by Crippen LogP contribution is -2.43. The predicted octanol–water partition coefficient (Wildman–Crippen LogP) is 2.42. The van der Waals surface area contributed by atoms with Gasteiger partial charge >= 0.3 is 0 Å². The normalized spacial score (nSPS) is 13.8. The Morgan fingerprint density at radius 2 is 1.61 bits per heavy atom. The van der Waals surface area contributed by atoms with Crippen LogP contribution in [0, 0.1) is 0 Å². The summed E-state index contributed by atoms with van der Waals surface area (Å²) in [7, 11) is 1.42. The fourth-order valence-electron chi connectivity index (χ4n) is 1.76. The van der Waals surface area contributed by atoms with E-state index < -0.39 is 10.2 Å². The van der Waals surface area contributed by atoms with Gasteiger partial charge in [0.15, 0.2) is 0 Å². The summed E-state index contributed by atoms with van der Waals surface area (Å²) in [6.07, 6.45) is 8.06. The van der Waals surface area contributed by atoms with Crippen LogP contribution in [-0.2, 0) is 10.2 Å². The van der Waals surface area contributed by atoms with Crippen LogP contribution in [0.5, 0.6) is 0 Å². The van der Waals surface area contributed by atoms with Crippen LogP contribution in [0.25, 0.3) is 0 Å². The highest BCUT2D eigenvalue weighted by molar-refractivity contribution is 7.86. The SMILES string of the molecule is C=CCCCC(CCC=C)N(C)S(=O)(=O)N(C)C. The first kappa shape index (κ1) is 17.4. The molecule has 0 bridgehead atoms. The lowest BCUT2D eigenvalue weighted by molar-refractivity contribution is 0.309. The molecule has 1 unspecified atom stereocenters. The molecule has 0 spiro atoms. The topological polar surface area (TPSA) is 40.6 Å². The quantitative estimate of drug-likeness (QED) is 0.453. The smallest absolute Gasteiger partial charge is 0.195 e. The van der Waals surface area contributed by atoms with Crippen LogP contribution >= 0.6 is 0 Å². The zero-order valence-corrected chi connectivity index (χ0v) is 12.6. The molecule has 0 aromatic carbocycles. The van der Waals surface area contributed by atoms with Crippen molar-refractivity contribution >= 4 is 10.2 Å². The van der Waals surface area contributed by atoms with Crippen molar-refractivity contribution in [1.82, 2.24) is 8.61 Å². The summed E-state index contributed by atoms with van der Waals surface area (Å²) in [5.41, 5.74) is 0. The Balaban J connectivity index is 4.71. The van der Waals surface area contributed by atoms with Gasteiger partial charge in [0, 0.05) is 27.2 Å². The summed E-state index contributed by atoms with van der Waals surface area (Å²) in [5, 5.41) is 0. The van der Waals surface area contributed by atoms with Crippen LogP contribution in [-0.4, -0.2) is 44.2 Å². The molecule has 0 N–H and O–H groups in total. The lowest BCUT2D eigenvalue weighted by Gasteiger charge is -2.29. The summed E-state index contributed by atoms with van der Waals surface area (Å²) >= 11 is 0. The molecular formula is C13H26N2O2S. The van der Waals surface area contributed by atoms with Gasteiger partial charge in [0.25, 0.3) is 10.2 Å². The van der Waals surface area contributed by atoms with Gasteiger partial charge in [-0.1, -0.05) is 12.2 Å². The average Bonchev–Trinajstić information content (AvgIpc) is 2.32. The van der Waals surface area contributed by atoms with Gasteiger partial charge in [-0.05, 0) is 32.1 Å². The highest BCUT2D eigenvalue weighted by Crippen LogP contribution is 2.18. The summed E-state index contributed by atoms with van der Waals surface area (Å²) in [6, 6.07) is 0.0235. The van der Waals surface area contributed by atoms with Crippen LogP contribution in [0.4, 0.5) is 0 Å². The Bertz CT molecular complexity index is 350. The van der Waals surface area contributed by atoms with Crippen LogP contribution in [0.3, 0.4) is 0 Å². The van der Waals surface area contributed by atoms with Gasteiger partial charge in [-0.3, -0.25) is 0 Å². The fourth-order valence-corrected chi connectivity index (χ4v) is 2.86. The van der Waals surface area contributed by atoms with E-state index in [0.717, 1.165) is 32.1 Å². The summed E-state index contributed by atoms with van der Waals surface area (Å²) < 4.78 is 26.9. The van der Waals surface area contributed by atoms with Gasteiger partial charge in [0.2, 0.25) is 0 Å². The number of hydrogen-bond acceptors (Lipinski definition) is 2. The molecule has 0 heterocycles. The molecule has 0 saturated heterocycles. The molecule has 0 aliphatic rings. The molecule has 18 heavy (non-hydrogen) atoms. The van der Waals surface area contributed by atoms with Crippen LogP contribution in [0.1, 0.15) is 32.1 Å². The van der Waals surface area contributed by atoms with Crippen molar-refractivity contribution in [2.45, 2.75) is 38.1 Å². The molecule has 0 radical (unpaired) electrons. The molecule has 1 atom stereocenters. The number of allylic oxidation sites excluding steroid dienone is 2. The third-order valence-electron chi connectivity index (χ3n) is 2.99. The van der Waals surface area contributed by atoms with Crippen molar-refractivity contribution in [3.63, 3.8) is 0 Å². The zero-order valence-electron chi connectivity index (χ0n) is 11.8. The van der Waals surface area contributed by atoms with E-state index in [4.69, 9.17) is 0 Å². The maximum absolute atomic E-state index is 12.1. The van der Waals surface area contributed by atoms with Crippen molar-refractivity contribution in [2.24, 2.45) is 0 Å². The molecule has 0 fully saturated rings. The monoisotopic (exact) mass is 274 g/mol. The van der Waals surface area contributed by atoms with Gasteiger partial charge in [-0.2, -0.15) is 17.0 Å². The highest BCUT2D eigenvalue weighted by atomic mass is 32.2. The van der Waals surface area contributed by atoms with Gasteiger partial charge in [0.05, 0.1) is 0 Å². The van der Waals surface area contributed by atoms with E-state index in [2.05, 4.69) is 13.2 Å². The van der Waals surface area contributed by atoms with E-state index in [1.807, 2.05) is 12.2 Å². The van der Waals surface area contributed by atoms with E-state index in [0.29, 0.717) is 0 Å². The Kier molecular flexibility index (Phi) is 8.15. The maximum atomic E-state index is 12.1. The Morgan fingerprint density at radius 1 is 1.06 bits per heavy atom. The molecule has 4 nitrogen and oxygen atoms in total. The lowest BCUT2D eigenvalue weighted by atomic mass is 10.0. The van der Waals surface area contributed by atoms with Crippen molar-refractivity contribution in [1.29, 1.82) is 0 Å². The largest absolute Gasteiger partial charge is 0.281 e.